The maximum Gasteiger partial charge on any atom is 0.327 e. The third kappa shape index (κ3) is 2.11. The Morgan fingerprint density at radius 1 is 1.27 bits per heavy atom. The predicted octanol–water partition coefficient (Wildman–Crippen LogP) is 0.442. The molecule has 0 unspecified atom stereocenters. The van der Waals surface area contributed by atoms with Gasteiger partial charge in [0.15, 0.2) is 0 Å². The summed E-state index contributed by atoms with van der Waals surface area (Å²) in [5, 5.41) is 0. The van der Waals surface area contributed by atoms with Crippen LogP contribution in [0.3, 0.4) is 0 Å². The highest BCUT2D eigenvalue weighted by atomic mass is 16.2. The first-order valence-electron chi connectivity index (χ1n) is 5.23. The van der Waals surface area contributed by atoms with Crippen molar-refractivity contribution in [3.63, 3.8) is 0 Å². The molecule has 0 saturated heterocycles. The van der Waals surface area contributed by atoms with E-state index >= 15 is 0 Å². The molecule has 82 valence electrons. The third-order valence-corrected chi connectivity index (χ3v) is 3.00. The maximum atomic E-state index is 11.1. The van der Waals surface area contributed by atoms with E-state index in [9.17, 15) is 9.59 Å². The summed E-state index contributed by atoms with van der Waals surface area (Å²) < 4.78 is 0. The number of nitrogens with zero attached hydrogens (tertiary/aromatic N) is 1. The van der Waals surface area contributed by atoms with Gasteiger partial charge in [0.25, 0.3) is 5.56 Å². The van der Waals surface area contributed by atoms with Crippen molar-refractivity contribution in [3.05, 3.63) is 26.9 Å². The van der Waals surface area contributed by atoms with Crippen LogP contribution in [0.2, 0.25) is 0 Å². The number of aromatic nitrogens is 2. The molecule has 0 bridgehead atoms. The van der Waals surface area contributed by atoms with Crippen molar-refractivity contribution in [2.24, 2.45) is 0 Å². The maximum absolute atomic E-state index is 11.1. The lowest BCUT2D eigenvalue weighted by Crippen LogP contribution is -2.33. The van der Waals surface area contributed by atoms with E-state index in [1.165, 1.54) is 18.9 Å². The molecule has 2 N–H and O–H groups in total. The van der Waals surface area contributed by atoms with Crippen LogP contribution < -0.4 is 16.1 Å². The predicted molar refractivity (Wildman–Crippen MR) is 58.3 cm³/mol. The van der Waals surface area contributed by atoms with Crippen LogP contribution in [-0.4, -0.2) is 23.1 Å². The van der Waals surface area contributed by atoms with Gasteiger partial charge in [0, 0.05) is 19.2 Å². The zero-order valence-corrected chi connectivity index (χ0v) is 8.75. The van der Waals surface area contributed by atoms with E-state index in [0.717, 1.165) is 12.8 Å². The quantitative estimate of drug-likeness (QED) is 0.742. The van der Waals surface area contributed by atoms with Gasteiger partial charge in [-0.15, -0.1) is 0 Å². The zero-order valence-electron chi connectivity index (χ0n) is 8.75. The summed E-state index contributed by atoms with van der Waals surface area (Å²) in [5.74, 6) is 0.607. The van der Waals surface area contributed by atoms with E-state index in [0.29, 0.717) is 11.9 Å². The topological polar surface area (TPSA) is 69.0 Å². The van der Waals surface area contributed by atoms with Gasteiger partial charge >= 0.3 is 5.69 Å². The summed E-state index contributed by atoms with van der Waals surface area (Å²) in [6, 6.07) is 1.88. The van der Waals surface area contributed by atoms with Crippen molar-refractivity contribution in [1.29, 1.82) is 0 Å². The second kappa shape index (κ2) is 3.92. The Balaban J connectivity index is 2.28. The van der Waals surface area contributed by atoms with Crippen LogP contribution in [0.25, 0.3) is 0 Å². The van der Waals surface area contributed by atoms with Gasteiger partial charge in [-0.05, 0) is 12.8 Å². The van der Waals surface area contributed by atoms with E-state index in [2.05, 4.69) is 9.97 Å². The van der Waals surface area contributed by atoms with E-state index < -0.39 is 5.69 Å². The molecule has 2 rings (SSSR count). The Kier molecular flexibility index (Phi) is 2.62. The van der Waals surface area contributed by atoms with Crippen LogP contribution in [0.1, 0.15) is 25.7 Å². The zero-order chi connectivity index (χ0) is 10.8. The molecular formula is C10H15N3O2. The largest absolute Gasteiger partial charge is 0.358 e. The van der Waals surface area contributed by atoms with Crippen molar-refractivity contribution in [1.82, 2.24) is 9.97 Å². The highest BCUT2D eigenvalue weighted by Gasteiger charge is 2.20. The molecule has 1 heterocycles. The molecule has 0 amide bonds. The number of nitrogens with one attached hydrogen (secondary N) is 2. The molecule has 0 aliphatic heterocycles. The Morgan fingerprint density at radius 2 is 1.93 bits per heavy atom. The summed E-state index contributed by atoms with van der Waals surface area (Å²) in [6.07, 6.45) is 4.71. The van der Waals surface area contributed by atoms with Crippen LogP contribution in [0.15, 0.2) is 15.7 Å². The van der Waals surface area contributed by atoms with Gasteiger partial charge in [0.1, 0.15) is 5.82 Å². The van der Waals surface area contributed by atoms with Crippen molar-refractivity contribution < 1.29 is 0 Å². The van der Waals surface area contributed by atoms with Gasteiger partial charge in [0.05, 0.1) is 0 Å². The van der Waals surface area contributed by atoms with Crippen LogP contribution >= 0.6 is 0 Å². The first-order valence-corrected chi connectivity index (χ1v) is 5.23. The first kappa shape index (κ1) is 10.0. The normalized spacial score (nSPS) is 16.9. The molecule has 1 aliphatic carbocycles. The van der Waals surface area contributed by atoms with Gasteiger partial charge in [-0.25, -0.2) is 4.79 Å². The van der Waals surface area contributed by atoms with Crippen LogP contribution in [-0.2, 0) is 0 Å². The standard InChI is InChI=1S/C10H15N3O2/c1-13(7-4-2-3-5-7)8-6-9(14)12-10(15)11-8/h6-7H,2-5H2,1H3,(H2,11,12,14,15). The van der Waals surface area contributed by atoms with Crippen LogP contribution in [0.5, 0.6) is 0 Å². The average molecular weight is 209 g/mol. The molecule has 1 fully saturated rings. The fraction of sp³-hybridized carbons (Fsp3) is 0.600. The van der Waals surface area contributed by atoms with Crippen molar-refractivity contribution in [3.8, 4) is 0 Å². The van der Waals surface area contributed by atoms with E-state index in [4.69, 9.17) is 0 Å². The van der Waals surface area contributed by atoms with Gasteiger partial charge in [-0.1, -0.05) is 12.8 Å². The molecular weight excluding hydrogens is 194 g/mol. The number of aromatic amines is 2. The molecule has 0 radical (unpaired) electrons. The minimum atomic E-state index is -0.442. The summed E-state index contributed by atoms with van der Waals surface area (Å²) in [5.41, 5.74) is -0.791. The number of hydrogen-bond donors (Lipinski definition) is 2. The monoisotopic (exact) mass is 209 g/mol. The lowest BCUT2D eigenvalue weighted by molar-refractivity contribution is 0.644. The highest BCUT2D eigenvalue weighted by molar-refractivity contribution is 5.36. The molecule has 15 heavy (non-hydrogen) atoms. The fourth-order valence-corrected chi connectivity index (χ4v) is 2.13. The van der Waals surface area contributed by atoms with Gasteiger partial charge in [-0.2, -0.15) is 0 Å². The Labute approximate surface area is 87.1 Å². The van der Waals surface area contributed by atoms with Gasteiger partial charge in [-0.3, -0.25) is 14.8 Å². The van der Waals surface area contributed by atoms with Crippen LogP contribution in [0.4, 0.5) is 5.82 Å². The molecule has 5 nitrogen and oxygen atoms in total. The summed E-state index contributed by atoms with van der Waals surface area (Å²) in [4.78, 5) is 29.0. The molecule has 1 aromatic rings. The smallest absolute Gasteiger partial charge is 0.327 e. The first-order chi connectivity index (χ1) is 7.16. The number of hydrogen-bond acceptors (Lipinski definition) is 3. The molecule has 1 aromatic heterocycles. The molecule has 5 heteroatoms. The van der Waals surface area contributed by atoms with Crippen molar-refractivity contribution >= 4 is 5.82 Å². The fourth-order valence-electron chi connectivity index (χ4n) is 2.13. The number of H-pyrrole nitrogens is 2. The molecule has 0 aromatic carbocycles. The summed E-state index contributed by atoms with van der Waals surface area (Å²) in [7, 11) is 1.92. The molecule has 0 atom stereocenters. The SMILES string of the molecule is CN(c1cc(=O)[nH]c(=O)[nH]1)C1CCCC1. The van der Waals surface area contributed by atoms with E-state index in [-0.39, 0.29) is 5.56 Å². The second-order valence-corrected chi connectivity index (χ2v) is 4.02. The highest BCUT2D eigenvalue weighted by Crippen LogP contribution is 2.24. The summed E-state index contributed by atoms with van der Waals surface area (Å²) in [6.45, 7) is 0. The minimum absolute atomic E-state index is 0.349. The van der Waals surface area contributed by atoms with Crippen molar-refractivity contribution in [2.45, 2.75) is 31.7 Å². The lowest BCUT2D eigenvalue weighted by atomic mass is 10.2. The third-order valence-electron chi connectivity index (χ3n) is 3.00. The number of anilines is 1. The minimum Gasteiger partial charge on any atom is -0.358 e. The van der Waals surface area contributed by atoms with Gasteiger partial charge < -0.3 is 4.90 Å². The second-order valence-electron chi connectivity index (χ2n) is 4.02. The Hall–Kier alpha value is -1.52. The van der Waals surface area contributed by atoms with E-state index in [1.54, 1.807) is 0 Å². The number of rotatable bonds is 2. The lowest BCUT2D eigenvalue weighted by Gasteiger charge is -2.25. The molecule has 1 aliphatic rings. The average Bonchev–Trinajstić information content (AvgIpc) is 2.67. The van der Waals surface area contributed by atoms with Crippen LogP contribution in [0, 0.1) is 0 Å². The molecule has 1 saturated carbocycles. The summed E-state index contributed by atoms with van der Waals surface area (Å²) >= 11 is 0. The molecule has 0 spiro atoms. The Morgan fingerprint density at radius 3 is 2.53 bits per heavy atom. The van der Waals surface area contributed by atoms with E-state index in [1.807, 2.05) is 11.9 Å². The van der Waals surface area contributed by atoms with Crippen molar-refractivity contribution in [2.75, 3.05) is 11.9 Å². The van der Waals surface area contributed by atoms with Gasteiger partial charge in [0.2, 0.25) is 0 Å². The Bertz CT molecular complexity index is 414.